The van der Waals surface area contributed by atoms with Gasteiger partial charge in [-0.3, -0.25) is 19.3 Å². The van der Waals surface area contributed by atoms with Crippen LogP contribution in [-0.2, 0) is 14.3 Å². The highest BCUT2D eigenvalue weighted by Gasteiger charge is 2.65. The first kappa shape index (κ1) is 24.7. The van der Waals surface area contributed by atoms with Gasteiger partial charge in [0.25, 0.3) is 17.7 Å². The Bertz CT molecular complexity index is 1370. The summed E-state index contributed by atoms with van der Waals surface area (Å²) < 4.78 is 6.08. The number of β-lactam (4-membered cyclic amide) rings is 1. The molecule has 3 aliphatic rings. The van der Waals surface area contributed by atoms with Crippen molar-refractivity contribution in [3.63, 3.8) is 0 Å². The molecule has 0 aromatic heterocycles. The third kappa shape index (κ3) is 3.82. The van der Waals surface area contributed by atoms with Crippen molar-refractivity contribution in [3.05, 3.63) is 107 Å². The average Bonchev–Trinajstić information content (AvgIpc) is 3.17. The second-order valence-electron chi connectivity index (χ2n) is 9.74. The van der Waals surface area contributed by atoms with E-state index in [1.165, 1.54) is 16.7 Å². The maximum atomic E-state index is 13.8. The van der Waals surface area contributed by atoms with Crippen molar-refractivity contribution < 1.29 is 23.9 Å². The van der Waals surface area contributed by atoms with E-state index in [4.69, 9.17) is 16.3 Å². The first-order valence-electron chi connectivity index (χ1n) is 12.2. The molecule has 0 aliphatic carbocycles. The van der Waals surface area contributed by atoms with E-state index in [9.17, 15) is 19.2 Å². The highest BCUT2D eigenvalue weighted by Crippen LogP contribution is 2.48. The Morgan fingerprint density at radius 3 is 1.92 bits per heavy atom. The smallest absolute Gasteiger partial charge is 0.331 e. The lowest BCUT2D eigenvalue weighted by Gasteiger charge is -2.57. The molecule has 0 N–H and O–H groups in total. The Hall–Kier alpha value is -3.62. The number of hydrogen-bond acceptors (Lipinski definition) is 6. The summed E-state index contributed by atoms with van der Waals surface area (Å²) in [6, 6.07) is 23.1. The van der Waals surface area contributed by atoms with E-state index in [-0.39, 0.29) is 11.1 Å². The van der Waals surface area contributed by atoms with E-state index in [1.54, 1.807) is 31.2 Å². The highest BCUT2D eigenvalue weighted by molar-refractivity contribution is 8.00. The number of imide groups is 1. The maximum Gasteiger partial charge on any atom is 0.331 e. The van der Waals surface area contributed by atoms with Crippen LogP contribution in [-0.4, -0.2) is 61.6 Å². The Balaban J connectivity index is 1.29. The molecule has 3 aromatic carbocycles. The van der Waals surface area contributed by atoms with Crippen molar-refractivity contribution in [2.45, 2.75) is 35.4 Å². The van der Waals surface area contributed by atoms with Crippen molar-refractivity contribution in [1.82, 2.24) is 9.80 Å². The first-order valence-corrected chi connectivity index (χ1v) is 13.6. The Labute approximate surface area is 228 Å². The lowest BCUT2D eigenvalue weighted by molar-refractivity contribution is -0.171. The summed E-state index contributed by atoms with van der Waals surface area (Å²) in [6.07, 6.45) is -0.700. The molecule has 2 fully saturated rings. The number of thioether (sulfide) groups is 1. The summed E-state index contributed by atoms with van der Waals surface area (Å²) in [4.78, 5) is 54.8. The van der Waals surface area contributed by atoms with E-state index in [2.05, 4.69) is 0 Å². The van der Waals surface area contributed by atoms with Gasteiger partial charge in [-0.15, -0.1) is 23.4 Å². The number of carbonyl (C=O) groups is 4. The summed E-state index contributed by atoms with van der Waals surface area (Å²) in [5.41, 5.74) is 2.11. The number of benzene rings is 3. The predicted molar refractivity (Wildman–Crippen MR) is 143 cm³/mol. The highest BCUT2D eigenvalue weighted by atomic mass is 35.5. The molecule has 192 valence electrons. The summed E-state index contributed by atoms with van der Waals surface area (Å²) in [5, 5.41) is -0.596. The van der Waals surface area contributed by atoms with Gasteiger partial charge in [-0.05, 0) is 30.2 Å². The third-order valence-corrected chi connectivity index (χ3v) is 9.29. The molecule has 7 nitrogen and oxygen atoms in total. The van der Waals surface area contributed by atoms with E-state index < -0.39 is 52.1 Å². The quantitative estimate of drug-likeness (QED) is 0.206. The van der Waals surface area contributed by atoms with Crippen LogP contribution in [0.5, 0.6) is 0 Å². The molecule has 3 amide bonds. The Kier molecular flexibility index (Phi) is 6.04. The van der Waals surface area contributed by atoms with Gasteiger partial charge in [-0.1, -0.05) is 72.8 Å². The standard InChI is InChI=1S/C29H23ClN2O5S/c1-29(30)16-38-27-21(31-24(33)19-14-8-9-15-20(19)25(31)34)26(35)32(27)23(29)28(36)37-22(17-10-4-2-5-11-17)18-12-6-3-7-13-18/h2-15,21-23,27H,16H2,1H3/t21?,23?,27-,29-/m1/s1. The van der Waals surface area contributed by atoms with Gasteiger partial charge < -0.3 is 9.64 Å². The monoisotopic (exact) mass is 546 g/mol. The number of nitrogens with zero attached hydrogens (tertiary/aromatic N) is 2. The normalized spacial score (nSPS) is 26.2. The Morgan fingerprint density at radius 2 is 1.39 bits per heavy atom. The van der Waals surface area contributed by atoms with Gasteiger partial charge in [0.1, 0.15) is 11.4 Å². The number of amides is 3. The molecular formula is C29H23ClN2O5S. The molecular weight excluding hydrogens is 524 g/mol. The topological polar surface area (TPSA) is 84.0 Å². The number of fused-ring (bicyclic) bond motifs is 2. The largest absolute Gasteiger partial charge is 0.451 e. The maximum absolute atomic E-state index is 13.8. The van der Waals surface area contributed by atoms with E-state index >= 15 is 0 Å². The predicted octanol–water partition coefficient (Wildman–Crippen LogP) is 4.27. The fraction of sp³-hybridized carbons (Fsp3) is 0.241. The second kappa shape index (κ2) is 9.29. The van der Waals surface area contributed by atoms with Crippen LogP contribution in [0.15, 0.2) is 84.9 Å². The zero-order chi connectivity index (χ0) is 26.6. The second-order valence-corrected chi connectivity index (χ2v) is 11.7. The molecule has 0 bridgehead atoms. The van der Waals surface area contributed by atoms with Gasteiger partial charge in [0.05, 0.1) is 16.0 Å². The Morgan fingerprint density at radius 1 is 0.895 bits per heavy atom. The van der Waals surface area contributed by atoms with Crippen LogP contribution in [0.1, 0.15) is 44.9 Å². The molecule has 3 heterocycles. The van der Waals surface area contributed by atoms with Gasteiger partial charge in [0.2, 0.25) is 0 Å². The van der Waals surface area contributed by atoms with Crippen molar-refractivity contribution in [3.8, 4) is 0 Å². The van der Waals surface area contributed by atoms with Crippen molar-refractivity contribution in [1.29, 1.82) is 0 Å². The van der Waals surface area contributed by atoms with E-state index in [1.807, 2.05) is 60.7 Å². The van der Waals surface area contributed by atoms with Crippen LogP contribution in [0.4, 0.5) is 0 Å². The fourth-order valence-corrected chi connectivity index (χ4v) is 7.20. The van der Waals surface area contributed by atoms with Crippen LogP contribution in [0.3, 0.4) is 0 Å². The molecule has 4 atom stereocenters. The molecule has 38 heavy (non-hydrogen) atoms. The van der Waals surface area contributed by atoms with Crippen LogP contribution < -0.4 is 0 Å². The van der Waals surface area contributed by atoms with Gasteiger partial charge in [-0.2, -0.15) is 0 Å². The number of ether oxygens (including phenoxy) is 1. The minimum atomic E-state index is -1.11. The molecule has 6 rings (SSSR count). The number of alkyl halides is 1. The summed E-state index contributed by atoms with van der Waals surface area (Å²) in [7, 11) is 0. The minimum Gasteiger partial charge on any atom is -0.451 e. The lowest BCUT2D eigenvalue weighted by atomic mass is 9.93. The van der Waals surface area contributed by atoms with Crippen molar-refractivity contribution >= 4 is 47.1 Å². The minimum absolute atomic E-state index is 0.274. The molecule has 2 unspecified atom stereocenters. The lowest BCUT2D eigenvalue weighted by Crippen LogP contribution is -2.78. The van der Waals surface area contributed by atoms with Crippen molar-refractivity contribution in [2.24, 2.45) is 0 Å². The average molecular weight is 547 g/mol. The summed E-state index contributed by atoms with van der Waals surface area (Å²) in [5.74, 6) is -1.82. The van der Waals surface area contributed by atoms with Crippen molar-refractivity contribution in [2.75, 3.05) is 5.75 Å². The SMILES string of the molecule is C[C@@]1(Cl)CS[C@@H]2C(N3C(=O)c4ccccc4C3=O)C(=O)N2C1C(=O)OC(c1ccccc1)c1ccccc1. The van der Waals surface area contributed by atoms with Gasteiger partial charge >= 0.3 is 5.97 Å². The van der Waals surface area contributed by atoms with Crippen LogP contribution >= 0.6 is 23.4 Å². The number of carbonyl (C=O) groups excluding carboxylic acids is 4. The number of rotatable bonds is 5. The van der Waals surface area contributed by atoms with Gasteiger partial charge in [0, 0.05) is 5.75 Å². The molecule has 9 heteroatoms. The zero-order valence-electron chi connectivity index (χ0n) is 20.3. The van der Waals surface area contributed by atoms with Crippen LogP contribution in [0.2, 0.25) is 0 Å². The van der Waals surface area contributed by atoms with E-state index in [0.717, 1.165) is 16.0 Å². The number of hydrogen-bond donors (Lipinski definition) is 0. The molecule has 0 radical (unpaired) electrons. The molecule has 0 spiro atoms. The molecule has 3 aromatic rings. The summed E-state index contributed by atoms with van der Waals surface area (Å²) in [6.45, 7) is 1.70. The molecule has 2 saturated heterocycles. The van der Waals surface area contributed by atoms with Crippen LogP contribution in [0.25, 0.3) is 0 Å². The first-order chi connectivity index (χ1) is 18.3. The van der Waals surface area contributed by atoms with Crippen LogP contribution in [0, 0.1) is 0 Å². The number of esters is 1. The molecule has 3 aliphatic heterocycles. The molecule has 0 saturated carbocycles. The van der Waals surface area contributed by atoms with E-state index in [0.29, 0.717) is 5.75 Å². The third-order valence-electron chi connectivity index (χ3n) is 7.20. The van der Waals surface area contributed by atoms with Gasteiger partial charge in [0.15, 0.2) is 12.1 Å². The summed E-state index contributed by atoms with van der Waals surface area (Å²) >= 11 is 8.20. The van der Waals surface area contributed by atoms with Gasteiger partial charge in [-0.25, -0.2) is 4.79 Å². The fourth-order valence-electron chi connectivity index (χ4n) is 5.36. The number of halogens is 1. The zero-order valence-corrected chi connectivity index (χ0v) is 21.9.